The van der Waals surface area contributed by atoms with Crippen molar-refractivity contribution in [2.45, 2.75) is 38.8 Å². The number of piperazine rings is 1. The third-order valence-corrected chi connectivity index (χ3v) is 7.02. The fourth-order valence-corrected chi connectivity index (χ4v) is 5.18. The molecule has 0 N–H and O–H groups in total. The molecule has 29 heavy (non-hydrogen) atoms. The molecule has 0 unspecified atom stereocenters. The summed E-state index contributed by atoms with van der Waals surface area (Å²) in [6.07, 6.45) is 1.79. The van der Waals surface area contributed by atoms with Gasteiger partial charge in [0.25, 0.3) is 0 Å². The highest BCUT2D eigenvalue weighted by molar-refractivity contribution is 7.18. The lowest BCUT2D eigenvalue weighted by Gasteiger charge is -2.35. The highest BCUT2D eigenvalue weighted by Gasteiger charge is 2.36. The number of aryl methyl sites for hydroxylation is 1. The molecule has 1 aliphatic heterocycles. The van der Waals surface area contributed by atoms with Crippen molar-refractivity contribution < 1.29 is 13.2 Å². The summed E-state index contributed by atoms with van der Waals surface area (Å²) in [5.74, 6) is 0.904. The van der Waals surface area contributed by atoms with Crippen LogP contribution in [0.4, 0.5) is 24.1 Å². The fraction of sp³-hybridized carbons (Fsp3) is 0.556. The molecule has 0 aliphatic carbocycles. The van der Waals surface area contributed by atoms with Crippen LogP contribution in [0, 0.1) is 0 Å². The molecule has 1 saturated heterocycles. The predicted octanol–water partition coefficient (Wildman–Crippen LogP) is 4.62. The number of fused-ring (bicyclic) bond motifs is 1. The number of rotatable bonds is 6. The number of unbranched alkanes of at least 4 members (excludes halogenated alkanes) is 2. The van der Waals surface area contributed by atoms with Gasteiger partial charge in [-0.25, -0.2) is 9.97 Å². The molecule has 1 fully saturated rings. The minimum absolute atomic E-state index is 0.318. The van der Waals surface area contributed by atoms with Gasteiger partial charge in [0.1, 0.15) is 17.0 Å². The molecule has 4 rings (SSSR count). The van der Waals surface area contributed by atoms with Gasteiger partial charge in [0.2, 0.25) is 10.1 Å². The molecule has 3 aromatic heterocycles. The molecule has 11 heteroatoms. The summed E-state index contributed by atoms with van der Waals surface area (Å²) < 4.78 is 38.3. The topological polar surface area (TPSA) is 58.0 Å². The Morgan fingerprint density at radius 3 is 2.45 bits per heavy atom. The zero-order valence-electron chi connectivity index (χ0n) is 15.9. The average molecular weight is 443 g/mol. The Morgan fingerprint density at radius 2 is 1.76 bits per heavy atom. The van der Waals surface area contributed by atoms with E-state index in [0.29, 0.717) is 42.6 Å². The summed E-state index contributed by atoms with van der Waals surface area (Å²) in [6.45, 7) is 4.67. The second kappa shape index (κ2) is 8.39. The lowest BCUT2D eigenvalue weighted by atomic mass is 10.2. The van der Waals surface area contributed by atoms with Gasteiger partial charge in [-0.2, -0.15) is 13.2 Å². The third-order valence-electron chi connectivity index (χ3n) is 4.89. The van der Waals surface area contributed by atoms with Gasteiger partial charge in [0, 0.05) is 31.1 Å². The molecule has 4 heterocycles. The van der Waals surface area contributed by atoms with E-state index in [2.05, 4.69) is 38.1 Å². The molecule has 1 aliphatic rings. The molecular weight excluding hydrogens is 421 g/mol. The number of aromatic nitrogens is 4. The number of thiophene rings is 1. The first kappa shape index (κ1) is 20.3. The number of hydrogen-bond donors (Lipinski definition) is 0. The smallest absolute Gasteiger partial charge is 0.352 e. The van der Waals surface area contributed by atoms with E-state index < -0.39 is 11.2 Å². The van der Waals surface area contributed by atoms with Crippen molar-refractivity contribution in [2.75, 3.05) is 36.0 Å². The normalized spacial score (nSPS) is 15.4. The fourth-order valence-electron chi connectivity index (χ4n) is 3.38. The lowest BCUT2D eigenvalue weighted by molar-refractivity contribution is -0.138. The number of anilines is 2. The summed E-state index contributed by atoms with van der Waals surface area (Å²) in [5.41, 5.74) is 0. The van der Waals surface area contributed by atoms with Gasteiger partial charge in [0.05, 0.1) is 5.39 Å². The quantitative estimate of drug-likeness (QED) is 0.519. The Hall–Kier alpha value is -2.01. The second-order valence-electron chi connectivity index (χ2n) is 6.95. The van der Waals surface area contributed by atoms with Gasteiger partial charge in [-0.15, -0.1) is 21.5 Å². The maximum atomic E-state index is 12.8. The third kappa shape index (κ3) is 4.45. The molecule has 6 nitrogen and oxygen atoms in total. The Bertz CT molecular complexity index is 962. The summed E-state index contributed by atoms with van der Waals surface area (Å²) in [7, 11) is 0. The van der Waals surface area contributed by atoms with Gasteiger partial charge in [-0.05, 0) is 18.9 Å². The van der Waals surface area contributed by atoms with Gasteiger partial charge in [0.15, 0.2) is 0 Å². The number of hydrogen-bond acceptors (Lipinski definition) is 8. The van der Waals surface area contributed by atoms with Gasteiger partial charge in [-0.3, -0.25) is 0 Å². The van der Waals surface area contributed by atoms with Crippen LogP contribution in [0.1, 0.15) is 36.1 Å². The van der Waals surface area contributed by atoms with Crippen LogP contribution in [-0.4, -0.2) is 46.3 Å². The Morgan fingerprint density at radius 1 is 1.00 bits per heavy atom. The van der Waals surface area contributed by atoms with Crippen LogP contribution in [0.5, 0.6) is 0 Å². The first-order valence-electron chi connectivity index (χ1n) is 9.59. The van der Waals surface area contributed by atoms with Gasteiger partial charge >= 0.3 is 6.18 Å². The summed E-state index contributed by atoms with van der Waals surface area (Å²) >= 11 is 2.31. The maximum Gasteiger partial charge on any atom is 0.445 e. The van der Waals surface area contributed by atoms with Crippen LogP contribution in [0.15, 0.2) is 12.4 Å². The highest BCUT2D eigenvalue weighted by atomic mass is 32.1. The van der Waals surface area contributed by atoms with E-state index in [-0.39, 0.29) is 0 Å². The molecule has 0 spiro atoms. The van der Waals surface area contributed by atoms with Crippen LogP contribution >= 0.6 is 22.7 Å². The molecule has 0 radical (unpaired) electrons. The molecule has 0 bridgehead atoms. The monoisotopic (exact) mass is 442 g/mol. The molecule has 0 aromatic carbocycles. The van der Waals surface area contributed by atoms with Crippen molar-refractivity contribution >= 4 is 43.8 Å². The largest absolute Gasteiger partial charge is 0.445 e. The standard InChI is InChI=1S/C18H21F3N6S2/c1-2-3-4-5-12-10-13-14(22-11-23-15(13)28-12)26-6-8-27(9-7-26)17-25-24-16(29-17)18(19,20)21/h10-11H,2-9H2,1H3. The molecule has 156 valence electrons. The van der Waals surface area contributed by atoms with Crippen LogP contribution < -0.4 is 9.80 Å². The second-order valence-corrected chi connectivity index (χ2v) is 9.02. The van der Waals surface area contributed by atoms with Crippen LogP contribution in [0.25, 0.3) is 10.2 Å². The number of nitrogens with zero attached hydrogens (tertiary/aromatic N) is 6. The minimum Gasteiger partial charge on any atom is -0.352 e. The number of halogens is 3. The zero-order valence-corrected chi connectivity index (χ0v) is 17.6. The van der Waals surface area contributed by atoms with Crippen molar-refractivity contribution in [1.82, 2.24) is 20.2 Å². The van der Waals surface area contributed by atoms with Crippen molar-refractivity contribution in [3.05, 3.63) is 22.3 Å². The molecule has 3 aromatic rings. The Balaban J connectivity index is 1.45. The van der Waals surface area contributed by atoms with Crippen molar-refractivity contribution in [1.29, 1.82) is 0 Å². The van der Waals surface area contributed by atoms with E-state index in [0.717, 1.165) is 22.5 Å². The number of alkyl halides is 3. The maximum absolute atomic E-state index is 12.8. The van der Waals surface area contributed by atoms with E-state index in [9.17, 15) is 13.2 Å². The summed E-state index contributed by atoms with van der Waals surface area (Å²) in [6, 6.07) is 2.19. The summed E-state index contributed by atoms with van der Waals surface area (Å²) in [5, 5.41) is 7.49. The zero-order chi connectivity index (χ0) is 20.4. The average Bonchev–Trinajstić information content (AvgIpc) is 3.35. The van der Waals surface area contributed by atoms with E-state index in [1.54, 1.807) is 17.7 Å². The van der Waals surface area contributed by atoms with Crippen LogP contribution in [-0.2, 0) is 12.6 Å². The lowest BCUT2D eigenvalue weighted by Crippen LogP contribution is -2.46. The van der Waals surface area contributed by atoms with Crippen molar-refractivity contribution in [3.63, 3.8) is 0 Å². The van der Waals surface area contributed by atoms with E-state index in [4.69, 9.17) is 0 Å². The first-order chi connectivity index (χ1) is 14.0. The molecular formula is C18H21F3N6S2. The SMILES string of the molecule is CCCCCc1cc2c(N3CCN(c4nnc(C(F)(F)F)s4)CC3)ncnc2s1. The van der Waals surface area contributed by atoms with Gasteiger partial charge < -0.3 is 9.80 Å². The van der Waals surface area contributed by atoms with E-state index >= 15 is 0 Å². The Labute approximate surface area is 174 Å². The van der Waals surface area contributed by atoms with Crippen LogP contribution in [0.3, 0.4) is 0 Å². The predicted molar refractivity (Wildman–Crippen MR) is 110 cm³/mol. The highest BCUT2D eigenvalue weighted by Crippen LogP contribution is 2.35. The van der Waals surface area contributed by atoms with Crippen molar-refractivity contribution in [3.8, 4) is 0 Å². The van der Waals surface area contributed by atoms with Crippen LogP contribution in [0.2, 0.25) is 0 Å². The van der Waals surface area contributed by atoms with E-state index in [1.807, 2.05) is 4.90 Å². The first-order valence-corrected chi connectivity index (χ1v) is 11.2. The Kier molecular flexibility index (Phi) is 5.86. The molecule has 0 amide bonds. The van der Waals surface area contributed by atoms with E-state index in [1.165, 1.54) is 24.1 Å². The minimum atomic E-state index is -4.45. The van der Waals surface area contributed by atoms with Gasteiger partial charge in [-0.1, -0.05) is 31.1 Å². The summed E-state index contributed by atoms with van der Waals surface area (Å²) in [4.78, 5) is 15.3. The molecule has 0 saturated carbocycles. The van der Waals surface area contributed by atoms with Crippen molar-refractivity contribution in [2.24, 2.45) is 0 Å². The molecule has 0 atom stereocenters.